The Kier molecular flexibility index (Phi) is 12.0. The van der Waals surface area contributed by atoms with Gasteiger partial charge in [-0.25, -0.2) is 13.2 Å². The Balaban J connectivity index is 1.51. The van der Waals surface area contributed by atoms with E-state index in [1.54, 1.807) is 12.1 Å². The summed E-state index contributed by atoms with van der Waals surface area (Å²) < 4.78 is 51.4. The molecule has 0 unspecified atom stereocenters. The molecule has 2 fully saturated rings. The van der Waals surface area contributed by atoms with Gasteiger partial charge in [-0.15, -0.1) is 0 Å². The SMILES string of the molecule is CCN(CC)[C@H]1CO[C@@H]2OC[C@H](OC(=O)N[C@@H](Cc3ccccc3)[C@H](O)CN(CC(C)C)S(=O)(=O)c3ccc(OC)cc3)[C@@H]21. The van der Waals surface area contributed by atoms with Crippen LogP contribution in [0, 0.1) is 11.8 Å². The van der Waals surface area contributed by atoms with E-state index < -0.39 is 40.7 Å². The number of nitrogens with one attached hydrogen (secondary N) is 1. The average molecular weight is 634 g/mol. The van der Waals surface area contributed by atoms with Gasteiger partial charge in [0.05, 0.1) is 43.3 Å². The molecule has 6 atom stereocenters. The zero-order chi connectivity index (χ0) is 31.9. The van der Waals surface area contributed by atoms with Crippen LogP contribution < -0.4 is 10.1 Å². The second-order valence-electron chi connectivity index (χ2n) is 11.7. The maximum atomic E-state index is 13.7. The number of rotatable bonds is 15. The Morgan fingerprint density at radius 2 is 1.68 bits per heavy atom. The Bertz CT molecular complexity index is 1290. The van der Waals surface area contributed by atoms with E-state index in [0.29, 0.717) is 12.4 Å². The van der Waals surface area contributed by atoms with Crippen LogP contribution >= 0.6 is 0 Å². The number of nitrogens with zero attached hydrogens (tertiary/aromatic N) is 2. The molecule has 2 N–H and O–H groups in total. The number of hydrogen-bond acceptors (Lipinski definition) is 9. The number of hydrogen-bond donors (Lipinski definition) is 2. The lowest BCUT2D eigenvalue weighted by molar-refractivity contribution is -0.0909. The molecule has 2 aromatic carbocycles. The monoisotopic (exact) mass is 633 g/mol. The number of carbonyl (C=O) groups is 1. The molecule has 2 saturated heterocycles. The molecular formula is C32H47N3O8S. The number of fused-ring (bicyclic) bond motifs is 1. The quantitative estimate of drug-likeness (QED) is 0.304. The summed E-state index contributed by atoms with van der Waals surface area (Å²) in [5.41, 5.74) is 0.875. The van der Waals surface area contributed by atoms with Crippen LogP contribution in [-0.4, -0.2) is 106 Å². The predicted molar refractivity (Wildman–Crippen MR) is 166 cm³/mol. The highest BCUT2D eigenvalue weighted by atomic mass is 32.2. The fraction of sp³-hybridized carbons (Fsp3) is 0.594. The standard InChI is InChI=1S/C32H47N3O8S/c1-6-34(7-2)27-20-41-31-30(27)29(21-42-31)43-32(37)33-26(17-23-11-9-8-10-12-23)28(36)19-35(18-22(3)4)44(38,39)25-15-13-24(40-5)14-16-25/h8-16,22,26-31,36H,6-7,17-21H2,1-5H3,(H,33,37)/t26-,27-,28+,29-,30-,31+/m0/s1. The van der Waals surface area contributed by atoms with E-state index >= 15 is 0 Å². The van der Waals surface area contributed by atoms with Crippen LogP contribution in [0.1, 0.15) is 33.3 Å². The molecule has 2 aliphatic heterocycles. The fourth-order valence-corrected chi connectivity index (χ4v) is 7.64. The number of ether oxygens (including phenoxy) is 4. The predicted octanol–water partition coefficient (Wildman–Crippen LogP) is 3.12. The molecule has 1 amide bonds. The summed E-state index contributed by atoms with van der Waals surface area (Å²) in [6.07, 6.45) is -2.61. The molecule has 12 heteroatoms. The Morgan fingerprint density at radius 1 is 1.02 bits per heavy atom. The smallest absolute Gasteiger partial charge is 0.407 e. The van der Waals surface area contributed by atoms with Crippen molar-refractivity contribution in [2.75, 3.05) is 46.5 Å². The Labute approximate surface area is 261 Å². The highest BCUT2D eigenvalue weighted by molar-refractivity contribution is 7.89. The van der Waals surface area contributed by atoms with E-state index in [9.17, 15) is 18.3 Å². The number of aliphatic hydroxyl groups excluding tert-OH is 1. The highest BCUT2D eigenvalue weighted by Gasteiger charge is 2.51. The van der Waals surface area contributed by atoms with E-state index in [4.69, 9.17) is 18.9 Å². The van der Waals surface area contributed by atoms with Crippen molar-refractivity contribution in [3.8, 4) is 5.75 Å². The topological polar surface area (TPSA) is 127 Å². The van der Waals surface area contributed by atoms with Gasteiger partial charge in [-0.2, -0.15) is 4.31 Å². The van der Waals surface area contributed by atoms with Crippen molar-refractivity contribution in [3.63, 3.8) is 0 Å². The minimum Gasteiger partial charge on any atom is -0.497 e. The molecule has 11 nitrogen and oxygen atoms in total. The molecule has 2 heterocycles. The molecule has 0 radical (unpaired) electrons. The molecule has 0 aromatic heterocycles. The van der Waals surface area contributed by atoms with Gasteiger partial charge in [-0.3, -0.25) is 4.90 Å². The number of methoxy groups -OCH3 is 1. The maximum Gasteiger partial charge on any atom is 0.407 e. The van der Waals surface area contributed by atoms with Gasteiger partial charge in [-0.05, 0) is 55.3 Å². The molecule has 0 aliphatic carbocycles. The van der Waals surface area contributed by atoms with Crippen LogP contribution in [0.3, 0.4) is 0 Å². The van der Waals surface area contributed by atoms with Crippen molar-refractivity contribution < 1.29 is 37.3 Å². The largest absolute Gasteiger partial charge is 0.497 e. The second-order valence-corrected chi connectivity index (χ2v) is 13.7. The van der Waals surface area contributed by atoms with Gasteiger partial charge in [-0.1, -0.05) is 58.0 Å². The van der Waals surface area contributed by atoms with Crippen molar-refractivity contribution in [2.45, 2.75) is 69.6 Å². The first kappa shape index (κ1) is 34.1. The maximum absolute atomic E-state index is 13.7. The summed E-state index contributed by atoms with van der Waals surface area (Å²) >= 11 is 0. The minimum atomic E-state index is -3.96. The van der Waals surface area contributed by atoms with E-state index in [1.807, 2.05) is 44.2 Å². The lowest BCUT2D eigenvalue weighted by Gasteiger charge is -2.32. The molecule has 0 bridgehead atoms. The summed E-state index contributed by atoms with van der Waals surface area (Å²) in [6, 6.07) is 14.8. The van der Waals surface area contributed by atoms with Crippen LogP contribution in [0.25, 0.3) is 0 Å². The number of carbonyl (C=O) groups excluding carboxylic acids is 1. The lowest BCUT2D eigenvalue weighted by Crippen LogP contribution is -2.52. The third kappa shape index (κ3) is 8.29. The molecule has 2 aliphatic rings. The fourth-order valence-electron chi connectivity index (χ4n) is 6.02. The number of amides is 1. The minimum absolute atomic E-state index is 0.0107. The van der Waals surface area contributed by atoms with E-state index in [-0.39, 0.29) is 48.9 Å². The van der Waals surface area contributed by atoms with Crippen LogP contribution in [0.4, 0.5) is 4.79 Å². The molecule has 0 saturated carbocycles. The van der Waals surface area contributed by atoms with Gasteiger partial charge in [0.2, 0.25) is 10.0 Å². The van der Waals surface area contributed by atoms with Crippen LogP contribution in [0.2, 0.25) is 0 Å². The summed E-state index contributed by atoms with van der Waals surface area (Å²) in [6.45, 7) is 10.3. The van der Waals surface area contributed by atoms with Crippen LogP contribution in [-0.2, 0) is 30.7 Å². The van der Waals surface area contributed by atoms with E-state index in [0.717, 1.165) is 18.7 Å². The first-order chi connectivity index (χ1) is 21.1. The van der Waals surface area contributed by atoms with Crippen molar-refractivity contribution >= 4 is 16.1 Å². The third-order valence-electron chi connectivity index (χ3n) is 8.31. The highest BCUT2D eigenvalue weighted by Crippen LogP contribution is 2.36. The number of alkyl carbamates (subject to hydrolysis) is 1. The van der Waals surface area contributed by atoms with Gasteiger partial charge in [0.25, 0.3) is 0 Å². The average Bonchev–Trinajstić information content (AvgIpc) is 3.60. The van der Waals surface area contributed by atoms with Crippen molar-refractivity contribution in [3.05, 3.63) is 60.2 Å². The first-order valence-electron chi connectivity index (χ1n) is 15.4. The third-order valence-corrected chi connectivity index (χ3v) is 10.2. The van der Waals surface area contributed by atoms with Gasteiger partial charge in [0.1, 0.15) is 11.9 Å². The number of benzene rings is 2. The number of sulfonamides is 1. The van der Waals surface area contributed by atoms with Crippen molar-refractivity contribution in [2.24, 2.45) is 11.8 Å². The summed E-state index contributed by atoms with van der Waals surface area (Å²) in [5, 5.41) is 14.4. The van der Waals surface area contributed by atoms with Gasteiger partial charge < -0.3 is 29.4 Å². The zero-order valence-electron chi connectivity index (χ0n) is 26.3. The summed E-state index contributed by atoms with van der Waals surface area (Å²) in [7, 11) is -2.45. The molecule has 4 rings (SSSR count). The normalized spacial score (nSPS) is 23.1. The van der Waals surface area contributed by atoms with Gasteiger partial charge in [0, 0.05) is 19.1 Å². The Hall–Kier alpha value is -2.74. The number of aliphatic hydroxyl groups is 1. The molecule has 2 aromatic rings. The van der Waals surface area contributed by atoms with Crippen LogP contribution in [0.5, 0.6) is 5.75 Å². The summed E-state index contributed by atoms with van der Waals surface area (Å²) in [5.74, 6) is 0.398. The molecule has 0 spiro atoms. The van der Waals surface area contributed by atoms with E-state index in [1.165, 1.54) is 23.5 Å². The molecule has 244 valence electrons. The van der Waals surface area contributed by atoms with Crippen LogP contribution in [0.15, 0.2) is 59.5 Å². The van der Waals surface area contributed by atoms with E-state index in [2.05, 4.69) is 24.1 Å². The van der Waals surface area contributed by atoms with Gasteiger partial charge in [0.15, 0.2) is 6.29 Å². The first-order valence-corrected chi connectivity index (χ1v) is 16.8. The summed E-state index contributed by atoms with van der Waals surface area (Å²) in [4.78, 5) is 15.7. The zero-order valence-corrected chi connectivity index (χ0v) is 27.1. The molecular weight excluding hydrogens is 586 g/mol. The van der Waals surface area contributed by atoms with Gasteiger partial charge >= 0.3 is 6.09 Å². The van der Waals surface area contributed by atoms with Crippen molar-refractivity contribution in [1.29, 1.82) is 0 Å². The molecule has 44 heavy (non-hydrogen) atoms. The van der Waals surface area contributed by atoms with Crippen molar-refractivity contribution in [1.82, 2.24) is 14.5 Å². The Morgan fingerprint density at radius 3 is 2.30 bits per heavy atom. The number of likely N-dealkylation sites (N-methyl/N-ethyl adjacent to an activating group) is 1. The lowest BCUT2D eigenvalue weighted by atomic mass is 9.96. The second kappa shape index (κ2) is 15.5.